The zero-order valence-corrected chi connectivity index (χ0v) is 18.0. The summed E-state index contributed by atoms with van der Waals surface area (Å²) in [4.78, 5) is 38.5. The summed E-state index contributed by atoms with van der Waals surface area (Å²) in [6, 6.07) is 15.1. The number of furan rings is 1. The van der Waals surface area contributed by atoms with Gasteiger partial charge in [-0.05, 0) is 48.5 Å². The molecule has 1 aromatic heterocycles. The molecule has 0 bridgehead atoms. The number of benzene rings is 2. The van der Waals surface area contributed by atoms with E-state index in [0.29, 0.717) is 16.8 Å². The number of amides is 2. The van der Waals surface area contributed by atoms with Gasteiger partial charge in [-0.25, -0.2) is 22.4 Å². The number of carbonyl (C=O) groups is 3. The van der Waals surface area contributed by atoms with Crippen molar-refractivity contribution >= 4 is 33.5 Å². The van der Waals surface area contributed by atoms with E-state index >= 15 is 0 Å². The minimum absolute atomic E-state index is 0.168. The largest absolute Gasteiger partial charge is 0.454 e. The van der Waals surface area contributed by atoms with E-state index in [0.717, 1.165) is 9.21 Å². The number of carbonyl (C=O) groups excluding carboxylic acids is 3. The van der Waals surface area contributed by atoms with Crippen molar-refractivity contribution in [3.63, 3.8) is 0 Å². The molecule has 2 aromatic carbocycles. The van der Waals surface area contributed by atoms with Crippen molar-refractivity contribution in [2.24, 2.45) is 0 Å². The van der Waals surface area contributed by atoms with Gasteiger partial charge in [0.1, 0.15) is 12.4 Å². The Hall–Kier alpha value is -3.76. The fourth-order valence-corrected chi connectivity index (χ4v) is 3.96. The Morgan fingerprint density at radius 2 is 1.53 bits per heavy atom. The highest BCUT2D eigenvalue weighted by molar-refractivity contribution is 7.88. The summed E-state index contributed by atoms with van der Waals surface area (Å²) < 4.78 is 35.5. The van der Waals surface area contributed by atoms with Gasteiger partial charge >= 0.3 is 5.97 Å². The van der Waals surface area contributed by atoms with E-state index in [2.05, 4.69) is 0 Å². The summed E-state index contributed by atoms with van der Waals surface area (Å²) in [5, 5.41) is -0.251. The highest BCUT2D eigenvalue weighted by Gasteiger charge is 2.36. The fourth-order valence-electron chi connectivity index (χ4n) is 3.14. The molecule has 0 unspecified atom stereocenters. The number of sulfonamides is 1. The normalized spacial score (nSPS) is 13.5. The summed E-state index contributed by atoms with van der Waals surface area (Å²) in [6.07, 6.45) is 0. The van der Waals surface area contributed by atoms with Crippen LogP contribution in [-0.2, 0) is 21.4 Å². The van der Waals surface area contributed by atoms with Crippen LogP contribution in [0, 0.1) is 0 Å². The number of nitrogens with zero attached hydrogens (tertiary/aromatic N) is 2. The fraction of sp³-hybridized carbons (Fsp3) is 0.136. The van der Waals surface area contributed by atoms with Crippen molar-refractivity contribution in [1.29, 1.82) is 0 Å². The predicted octanol–water partition coefficient (Wildman–Crippen LogP) is 2.69. The molecule has 32 heavy (non-hydrogen) atoms. The Balaban J connectivity index is 1.43. The molecule has 3 aromatic rings. The molecule has 1 aliphatic rings. The molecule has 9 nitrogen and oxygen atoms in total. The van der Waals surface area contributed by atoms with Gasteiger partial charge in [-0.1, -0.05) is 12.1 Å². The maximum absolute atomic E-state index is 12.6. The average Bonchev–Trinajstić information content (AvgIpc) is 3.36. The van der Waals surface area contributed by atoms with Crippen molar-refractivity contribution < 1.29 is 32.0 Å². The summed E-state index contributed by atoms with van der Waals surface area (Å²) >= 11 is 0. The first-order valence-corrected chi connectivity index (χ1v) is 10.9. The molecule has 0 atom stereocenters. The predicted molar refractivity (Wildman–Crippen MR) is 113 cm³/mol. The van der Waals surface area contributed by atoms with Gasteiger partial charge < -0.3 is 9.15 Å². The van der Waals surface area contributed by atoms with Crippen molar-refractivity contribution in [3.8, 4) is 0 Å². The Morgan fingerprint density at radius 1 is 0.938 bits per heavy atom. The van der Waals surface area contributed by atoms with Crippen molar-refractivity contribution in [2.45, 2.75) is 11.7 Å². The van der Waals surface area contributed by atoms with Gasteiger partial charge in [-0.2, -0.15) is 0 Å². The molecule has 2 heterocycles. The molecule has 0 saturated carbocycles. The van der Waals surface area contributed by atoms with Gasteiger partial charge in [0.2, 0.25) is 5.09 Å². The van der Waals surface area contributed by atoms with Crippen molar-refractivity contribution in [2.75, 3.05) is 19.0 Å². The molecule has 0 fully saturated rings. The third kappa shape index (κ3) is 3.70. The zero-order valence-electron chi connectivity index (χ0n) is 17.1. The number of hydrogen-bond acceptors (Lipinski definition) is 7. The lowest BCUT2D eigenvalue weighted by molar-refractivity contribution is 0.0440. The van der Waals surface area contributed by atoms with Crippen LogP contribution in [0.3, 0.4) is 0 Å². The van der Waals surface area contributed by atoms with Crippen molar-refractivity contribution in [1.82, 2.24) is 4.31 Å². The van der Waals surface area contributed by atoms with Gasteiger partial charge in [0, 0.05) is 14.1 Å². The molecule has 164 valence electrons. The van der Waals surface area contributed by atoms with E-state index < -0.39 is 27.8 Å². The molecule has 0 aliphatic carbocycles. The highest BCUT2D eigenvalue weighted by Crippen LogP contribution is 2.28. The van der Waals surface area contributed by atoms with E-state index in [1.54, 1.807) is 24.3 Å². The smallest absolute Gasteiger partial charge is 0.338 e. The van der Waals surface area contributed by atoms with Gasteiger partial charge in [-0.15, -0.1) is 0 Å². The summed E-state index contributed by atoms with van der Waals surface area (Å²) in [7, 11) is -0.966. The van der Waals surface area contributed by atoms with Gasteiger partial charge in [0.15, 0.2) is 0 Å². The second kappa shape index (κ2) is 8.06. The summed E-state index contributed by atoms with van der Waals surface area (Å²) in [5.41, 5.74) is 1.18. The number of ether oxygens (including phenoxy) is 1. The summed E-state index contributed by atoms with van der Waals surface area (Å²) in [5.74, 6) is -1.36. The Kier molecular flexibility index (Phi) is 5.41. The third-order valence-corrected chi connectivity index (χ3v) is 6.56. The number of hydrogen-bond donors (Lipinski definition) is 0. The lowest BCUT2D eigenvalue weighted by Crippen LogP contribution is -2.29. The molecule has 0 saturated heterocycles. The van der Waals surface area contributed by atoms with Gasteiger partial charge in [0.05, 0.1) is 22.4 Å². The first-order valence-electron chi connectivity index (χ1n) is 9.46. The van der Waals surface area contributed by atoms with Gasteiger partial charge in [0.25, 0.3) is 21.8 Å². The number of rotatable bonds is 6. The Labute approximate surface area is 183 Å². The molecule has 0 N–H and O–H groups in total. The maximum Gasteiger partial charge on any atom is 0.338 e. The van der Waals surface area contributed by atoms with Crippen LogP contribution in [0.4, 0.5) is 5.69 Å². The molecule has 4 rings (SSSR count). The molecular formula is C22H18N2O7S. The Bertz CT molecular complexity index is 1290. The number of fused-ring (bicyclic) bond motifs is 1. The number of imide groups is 1. The van der Waals surface area contributed by atoms with Crippen LogP contribution in [0.25, 0.3) is 0 Å². The SMILES string of the molecule is CN(C)S(=O)(=O)c1ccc(COC(=O)c2ccc(N3C(=O)c4ccccc4C3=O)cc2)o1. The molecule has 1 aliphatic heterocycles. The Morgan fingerprint density at radius 3 is 2.09 bits per heavy atom. The molecule has 10 heteroatoms. The molecule has 0 radical (unpaired) electrons. The third-order valence-electron chi connectivity index (χ3n) is 4.87. The van der Waals surface area contributed by atoms with Gasteiger partial charge in [-0.3, -0.25) is 9.59 Å². The first kappa shape index (κ1) is 21.5. The second-order valence-electron chi connectivity index (χ2n) is 7.12. The standard InChI is InChI=1S/C22H18N2O7S/c1-23(2)32(28,29)19-12-11-16(31-19)13-30-22(27)14-7-9-15(10-8-14)24-20(25)17-5-3-4-6-18(17)21(24)26/h3-12H,13H2,1-2H3. The maximum atomic E-state index is 12.6. The lowest BCUT2D eigenvalue weighted by Gasteiger charge is -2.14. The van der Waals surface area contributed by atoms with E-state index in [9.17, 15) is 22.8 Å². The topological polar surface area (TPSA) is 114 Å². The molecule has 2 amide bonds. The highest BCUT2D eigenvalue weighted by atomic mass is 32.2. The van der Waals surface area contributed by atoms with E-state index in [1.165, 1.54) is 50.5 Å². The van der Waals surface area contributed by atoms with Crippen LogP contribution in [0.2, 0.25) is 0 Å². The lowest BCUT2D eigenvalue weighted by atomic mass is 10.1. The first-order chi connectivity index (χ1) is 15.2. The van der Waals surface area contributed by atoms with Crippen LogP contribution in [0.1, 0.15) is 36.8 Å². The average molecular weight is 454 g/mol. The quantitative estimate of drug-likeness (QED) is 0.415. The molecular weight excluding hydrogens is 436 g/mol. The number of esters is 1. The number of anilines is 1. The minimum atomic E-state index is -3.72. The van der Waals surface area contributed by atoms with E-state index in [-0.39, 0.29) is 23.0 Å². The molecule has 0 spiro atoms. The van der Waals surface area contributed by atoms with E-state index in [1.807, 2.05) is 0 Å². The van der Waals surface area contributed by atoms with Crippen LogP contribution in [0.5, 0.6) is 0 Å². The summed E-state index contributed by atoms with van der Waals surface area (Å²) in [6.45, 7) is -0.262. The minimum Gasteiger partial charge on any atom is -0.454 e. The zero-order chi connectivity index (χ0) is 23.0. The second-order valence-corrected chi connectivity index (χ2v) is 9.21. The van der Waals surface area contributed by atoms with E-state index in [4.69, 9.17) is 9.15 Å². The van der Waals surface area contributed by atoms with Crippen LogP contribution in [0.15, 0.2) is 70.2 Å². The van der Waals surface area contributed by atoms with Crippen LogP contribution in [-0.4, -0.2) is 44.6 Å². The van der Waals surface area contributed by atoms with Crippen LogP contribution >= 0.6 is 0 Å². The monoisotopic (exact) mass is 454 g/mol. The van der Waals surface area contributed by atoms with Crippen LogP contribution < -0.4 is 4.90 Å². The van der Waals surface area contributed by atoms with Crippen molar-refractivity contribution in [3.05, 3.63) is 83.1 Å².